The number of ether oxygens (including phenoxy) is 1. The molecule has 0 bridgehead atoms. The van der Waals surface area contributed by atoms with Crippen molar-refractivity contribution >= 4 is 11.6 Å². The fourth-order valence-corrected chi connectivity index (χ4v) is 1.81. The Morgan fingerprint density at radius 2 is 2.05 bits per heavy atom. The molecule has 1 aromatic rings. The lowest BCUT2D eigenvalue weighted by atomic mass is 10.2. The first-order valence-electron chi connectivity index (χ1n) is 6.11. The topological polar surface area (TPSA) is 21.3 Å². The highest BCUT2D eigenvalue weighted by atomic mass is 35.5. The van der Waals surface area contributed by atoms with Crippen molar-refractivity contribution in [2.24, 2.45) is 0 Å². The Bertz CT molecular complexity index is 396. The summed E-state index contributed by atoms with van der Waals surface area (Å²) in [6.45, 7) is 3.34. The third kappa shape index (κ3) is 6.16. The maximum absolute atomic E-state index is 12.0. The highest BCUT2D eigenvalue weighted by Crippen LogP contribution is 2.29. The van der Waals surface area contributed by atoms with Crippen LogP contribution in [0.1, 0.15) is 25.3 Å². The van der Waals surface area contributed by atoms with Gasteiger partial charge < -0.3 is 10.1 Å². The van der Waals surface area contributed by atoms with Crippen molar-refractivity contribution in [2.75, 3.05) is 13.2 Å². The fourth-order valence-electron chi connectivity index (χ4n) is 1.56. The van der Waals surface area contributed by atoms with E-state index in [1.165, 1.54) is 0 Å². The lowest BCUT2D eigenvalue weighted by Gasteiger charge is -2.14. The van der Waals surface area contributed by atoms with Gasteiger partial charge in [-0.25, -0.2) is 0 Å². The molecular formula is C13H17ClF3NO. The number of para-hydroxylation sites is 1. The zero-order valence-electron chi connectivity index (χ0n) is 10.7. The molecule has 0 aliphatic rings. The third-order valence-corrected chi connectivity index (χ3v) is 2.76. The van der Waals surface area contributed by atoms with E-state index >= 15 is 0 Å². The lowest BCUT2D eigenvalue weighted by molar-refractivity contribution is -0.136. The standard InChI is InChI=1S/C13H17ClF3NO/c1-2-18-9-10-5-3-6-11(14)12(10)19-8-4-7-13(15,16)17/h3,5-6,18H,2,4,7-9H2,1H3. The highest BCUT2D eigenvalue weighted by Gasteiger charge is 2.26. The van der Waals surface area contributed by atoms with E-state index in [-0.39, 0.29) is 13.0 Å². The quantitative estimate of drug-likeness (QED) is 0.762. The molecule has 0 saturated carbocycles. The summed E-state index contributed by atoms with van der Waals surface area (Å²) < 4.78 is 41.4. The molecule has 1 rings (SSSR count). The summed E-state index contributed by atoms with van der Waals surface area (Å²) in [5, 5.41) is 3.55. The molecule has 0 unspecified atom stereocenters. The van der Waals surface area contributed by atoms with Gasteiger partial charge in [0.2, 0.25) is 0 Å². The van der Waals surface area contributed by atoms with Crippen LogP contribution in [-0.4, -0.2) is 19.3 Å². The van der Waals surface area contributed by atoms with E-state index in [0.29, 0.717) is 17.3 Å². The second-order valence-electron chi connectivity index (χ2n) is 4.08. The van der Waals surface area contributed by atoms with E-state index in [4.69, 9.17) is 16.3 Å². The Hall–Kier alpha value is -0.940. The van der Waals surface area contributed by atoms with E-state index in [9.17, 15) is 13.2 Å². The first-order valence-corrected chi connectivity index (χ1v) is 6.49. The van der Waals surface area contributed by atoms with Crippen LogP contribution in [0.25, 0.3) is 0 Å². The molecule has 0 aromatic heterocycles. The second kappa shape index (κ2) is 7.60. The molecule has 19 heavy (non-hydrogen) atoms. The van der Waals surface area contributed by atoms with Crippen LogP contribution in [-0.2, 0) is 6.54 Å². The first-order chi connectivity index (χ1) is 8.94. The van der Waals surface area contributed by atoms with Crippen molar-refractivity contribution < 1.29 is 17.9 Å². The van der Waals surface area contributed by atoms with Gasteiger partial charge in [0.15, 0.2) is 0 Å². The number of hydrogen-bond acceptors (Lipinski definition) is 2. The van der Waals surface area contributed by atoms with E-state index in [0.717, 1.165) is 12.1 Å². The van der Waals surface area contributed by atoms with Crippen molar-refractivity contribution in [1.29, 1.82) is 0 Å². The number of nitrogens with one attached hydrogen (secondary N) is 1. The van der Waals surface area contributed by atoms with E-state index < -0.39 is 12.6 Å². The minimum Gasteiger partial charge on any atom is -0.492 e. The van der Waals surface area contributed by atoms with Gasteiger partial charge in [-0.3, -0.25) is 0 Å². The Balaban J connectivity index is 2.56. The SMILES string of the molecule is CCNCc1cccc(Cl)c1OCCCC(F)(F)F. The molecule has 0 fully saturated rings. The van der Waals surface area contributed by atoms with Crippen molar-refractivity contribution in [3.63, 3.8) is 0 Å². The Morgan fingerprint density at radius 3 is 2.68 bits per heavy atom. The van der Waals surface area contributed by atoms with Crippen LogP contribution in [0.15, 0.2) is 18.2 Å². The van der Waals surface area contributed by atoms with Crippen molar-refractivity contribution in [3.8, 4) is 5.75 Å². The summed E-state index contributed by atoms with van der Waals surface area (Å²) in [5.41, 5.74) is 0.848. The summed E-state index contributed by atoms with van der Waals surface area (Å²) in [6, 6.07) is 5.29. The van der Waals surface area contributed by atoms with Crippen molar-refractivity contribution in [3.05, 3.63) is 28.8 Å². The molecule has 0 radical (unpaired) electrons. The number of alkyl halides is 3. The zero-order chi connectivity index (χ0) is 14.3. The highest BCUT2D eigenvalue weighted by molar-refractivity contribution is 6.32. The normalized spacial score (nSPS) is 11.6. The Labute approximate surface area is 115 Å². The summed E-state index contributed by atoms with van der Waals surface area (Å²) in [7, 11) is 0. The van der Waals surface area contributed by atoms with Crippen molar-refractivity contribution in [1.82, 2.24) is 5.32 Å². The third-order valence-electron chi connectivity index (χ3n) is 2.46. The number of rotatable bonds is 7. The smallest absolute Gasteiger partial charge is 0.389 e. The predicted molar refractivity (Wildman–Crippen MR) is 69.6 cm³/mol. The molecule has 0 atom stereocenters. The molecule has 6 heteroatoms. The van der Waals surface area contributed by atoms with Gasteiger partial charge in [-0.1, -0.05) is 30.7 Å². The molecule has 0 aliphatic heterocycles. The Morgan fingerprint density at radius 1 is 1.32 bits per heavy atom. The molecule has 108 valence electrons. The summed E-state index contributed by atoms with van der Waals surface area (Å²) in [6.07, 6.45) is -5.06. The summed E-state index contributed by atoms with van der Waals surface area (Å²) in [5.74, 6) is 0.465. The van der Waals surface area contributed by atoms with Crippen LogP contribution in [0.4, 0.5) is 13.2 Å². The van der Waals surface area contributed by atoms with Gasteiger partial charge in [0, 0.05) is 18.5 Å². The monoisotopic (exact) mass is 295 g/mol. The minimum atomic E-state index is -4.14. The van der Waals surface area contributed by atoms with Gasteiger partial charge in [0.1, 0.15) is 5.75 Å². The van der Waals surface area contributed by atoms with Gasteiger partial charge in [0.25, 0.3) is 0 Å². The molecule has 1 N–H and O–H groups in total. The van der Waals surface area contributed by atoms with Gasteiger partial charge in [-0.05, 0) is 19.0 Å². The number of halogens is 4. The van der Waals surface area contributed by atoms with Crippen LogP contribution in [0.3, 0.4) is 0 Å². The summed E-state index contributed by atoms with van der Waals surface area (Å²) in [4.78, 5) is 0. The molecule has 1 aromatic carbocycles. The zero-order valence-corrected chi connectivity index (χ0v) is 11.4. The van der Waals surface area contributed by atoms with Crippen LogP contribution in [0.5, 0.6) is 5.75 Å². The molecule has 0 spiro atoms. The van der Waals surface area contributed by atoms with Crippen molar-refractivity contribution in [2.45, 2.75) is 32.5 Å². The molecule has 2 nitrogen and oxygen atoms in total. The number of hydrogen-bond donors (Lipinski definition) is 1. The second-order valence-corrected chi connectivity index (χ2v) is 4.48. The largest absolute Gasteiger partial charge is 0.492 e. The molecular weight excluding hydrogens is 279 g/mol. The van der Waals surface area contributed by atoms with E-state index in [1.54, 1.807) is 12.1 Å². The predicted octanol–water partition coefficient (Wildman–Crippen LogP) is 4.17. The maximum atomic E-state index is 12.0. The van der Waals surface area contributed by atoms with Gasteiger partial charge in [0.05, 0.1) is 11.6 Å². The number of benzene rings is 1. The van der Waals surface area contributed by atoms with Crippen LogP contribution in [0, 0.1) is 0 Å². The van der Waals surface area contributed by atoms with Crippen LogP contribution < -0.4 is 10.1 Å². The lowest BCUT2D eigenvalue weighted by Crippen LogP contribution is -2.14. The van der Waals surface area contributed by atoms with Crippen LogP contribution >= 0.6 is 11.6 Å². The first kappa shape index (κ1) is 16.1. The molecule has 0 amide bonds. The van der Waals surface area contributed by atoms with E-state index in [2.05, 4.69) is 5.32 Å². The Kier molecular flexibility index (Phi) is 6.45. The van der Waals surface area contributed by atoms with Gasteiger partial charge in [-0.15, -0.1) is 0 Å². The van der Waals surface area contributed by atoms with E-state index in [1.807, 2.05) is 13.0 Å². The maximum Gasteiger partial charge on any atom is 0.389 e. The van der Waals surface area contributed by atoms with Gasteiger partial charge >= 0.3 is 6.18 Å². The molecule has 0 aliphatic carbocycles. The molecule has 0 heterocycles. The van der Waals surface area contributed by atoms with Gasteiger partial charge in [-0.2, -0.15) is 13.2 Å². The fraction of sp³-hybridized carbons (Fsp3) is 0.538. The summed E-state index contributed by atoms with van der Waals surface area (Å²) >= 11 is 6.00. The average Bonchev–Trinajstić information content (AvgIpc) is 2.32. The van der Waals surface area contributed by atoms with Crippen LogP contribution in [0.2, 0.25) is 5.02 Å². The molecule has 0 saturated heterocycles. The average molecular weight is 296 g/mol. The minimum absolute atomic E-state index is 0.00235.